The van der Waals surface area contributed by atoms with Crippen molar-refractivity contribution < 1.29 is 8.42 Å². The third-order valence-electron chi connectivity index (χ3n) is 6.67. The van der Waals surface area contributed by atoms with Crippen LogP contribution in [0.25, 0.3) is 0 Å². The van der Waals surface area contributed by atoms with Gasteiger partial charge < -0.3 is 10.6 Å². The molecule has 6 heteroatoms. The van der Waals surface area contributed by atoms with E-state index in [2.05, 4.69) is 24.1 Å². The van der Waals surface area contributed by atoms with Gasteiger partial charge in [-0.25, -0.2) is 8.42 Å². The SMILES string of the molecule is CN(CCCCCC1CCC(CS(=O)(=O)C(C)(C)C)CC1)Cc1cccc(C(N)=S)c1. The molecule has 0 radical (unpaired) electrons. The normalized spacial score (nSPS) is 20.2. The highest BCUT2D eigenvalue weighted by Gasteiger charge is 2.33. The summed E-state index contributed by atoms with van der Waals surface area (Å²) in [5.74, 6) is 1.52. The van der Waals surface area contributed by atoms with Gasteiger partial charge in [0.05, 0.1) is 10.5 Å². The summed E-state index contributed by atoms with van der Waals surface area (Å²) < 4.78 is 24.3. The van der Waals surface area contributed by atoms with Crippen LogP contribution in [0.4, 0.5) is 0 Å². The highest BCUT2D eigenvalue weighted by Crippen LogP contribution is 2.34. The molecule has 1 aromatic rings. The van der Waals surface area contributed by atoms with Crippen LogP contribution in [0, 0.1) is 11.8 Å². The molecule has 0 heterocycles. The van der Waals surface area contributed by atoms with Gasteiger partial charge in [-0.05, 0) is 77.1 Å². The summed E-state index contributed by atoms with van der Waals surface area (Å²) in [6.07, 6.45) is 9.59. The number of sulfone groups is 1. The smallest absolute Gasteiger partial charge is 0.155 e. The van der Waals surface area contributed by atoms with Gasteiger partial charge in [-0.3, -0.25) is 0 Å². The lowest BCUT2D eigenvalue weighted by molar-refractivity contribution is 0.267. The topological polar surface area (TPSA) is 63.4 Å². The summed E-state index contributed by atoms with van der Waals surface area (Å²) in [4.78, 5) is 2.81. The fraction of sp³-hybridized carbons (Fsp3) is 0.720. The second-order valence-electron chi connectivity index (χ2n) is 10.4. The molecule has 31 heavy (non-hydrogen) atoms. The van der Waals surface area contributed by atoms with Gasteiger partial charge in [-0.15, -0.1) is 0 Å². The van der Waals surface area contributed by atoms with Crippen molar-refractivity contribution in [3.8, 4) is 0 Å². The van der Waals surface area contributed by atoms with Crippen molar-refractivity contribution in [1.29, 1.82) is 0 Å². The molecule has 0 bridgehead atoms. The molecule has 2 rings (SSSR count). The predicted molar refractivity (Wildman–Crippen MR) is 136 cm³/mol. The first-order chi connectivity index (χ1) is 14.5. The number of unbranched alkanes of at least 4 members (excludes halogenated alkanes) is 2. The molecular weight excluding hydrogens is 424 g/mol. The van der Waals surface area contributed by atoms with Gasteiger partial charge in [0, 0.05) is 12.1 Å². The van der Waals surface area contributed by atoms with Crippen LogP contribution in [-0.2, 0) is 16.4 Å². The summed E-state index contributed by atoms with van der Waals surface area (Å²) >= 11 is 5.07. The Morgan fingerprint density at radius 1 is 1.10 bits per heavy atom. The van der Waals surface area contributed by atoms with Gasteiger partial charge >= 0.3 is 0 Å². The minimum absolute atomic E-state index is 0.362. The Balaban J connectivity index is 1.59. The van der Waals surface area contributed by atoms with Crippen molar-refractivity contribution in [3.63, 3.8) is 0 Å². The molecule has 176 valence electrons. The molecule has 1 aliphatic rings. The van der Waals surface area contributed by atoms with E-state index in [0.29, 0.717) is 16.7 Å². The lowest BCUT2D eigenvalue weighted by Gasteiger charge is -2.30. The minimum Gasteiger partial charge on any atom is -0.389 e. The van der Waals surface area contributed by atoms with E-state index in [-0.39, 0.29) is 0 Å². The lowest BCUT2D eigenvalue weighted by Crippen LogP contribution is -2.34. The Kier molecular flexibility index (Phi) is 9.97. The highest BCUT2D eigenvalue weighted by molar-refractivity contribution is 7.92. The number of thiocarbonyl (C=S) groups is 1. The summed E-state index contributed by atoms with van der Waals surface area (Å²) in [6.45, 7) is 7.46. The Hall–Kier alpha value is -0.980. The monoisotopic (exact) mass is 466 g/mol. The average Bonchev–Trinajstić information content (AvgIpc) is 2.68. The lowest BCUT2D eigenvalue weighted by atomic mass is 9.80. The zero-order chi connectivity index (χ0) is 23.1. The van der Waals surface area contributed by atoms with Gasteiger partial charge in [0.1, 0.15) is 4.99 Å². The Bertz CT molecular complexity index is 807. The van der Waals surface area contributed by atoms with Crippen molar-refractivity contribution in [1.82, 2.24) is 4.90 Å². The van der Waals surface area contributed by atoms with Crippen LogP contribution in [0.5, 0.6) is 0 Å². The quantitative estimate of drug-likeness (QED) is 0.353. The van der Waals surface area contributed by atoms with E-state index < -0.39 is 14.6 Å². The highest BCUT2D eigenvalue weighted by atomic mass is 32.2. The zero-order valence-corrected chi connectivity index (χ0v) is 21.5. The van der Waals surface area contributed by atoms with Gasteiger partial charge in [0.25, 0.3) is 0 Å². The fourth-order valence-corrected chi connectivity index (χ4v) is 6.03. The Labute approximate surface area is 195 Å². The molecule has 0 atom stereocenters. The Morgan fingerprint density at radius 3 is 2.35 bits per heavy atom. The standard InChI is InChI=1S/C25H42N2O2S2/c1-25(2,3)31(28,29)19-21-14-12-20(13-15-21)9-6-5-7-16-27(4)18-22-10-8-11-23(17-22)24(26)30/h8,10-11,17,20-21H,5-7,9,12-16,18-19H2,1-4H3,(H2,26,30). The van der Waals surface area contributed by atoms with E-state index in [9.17, 15) is 8.42 Å². The average molecular weight is 467 g/mol. The fourth-order valence-electron chi connectivity index (χ4n) is 4.45. The van der Waals surface area contributed by atoms with Crippen molar-refractivity contribution in [2.75, 3.05) is 19.3 Å². The second kappa shape index (κ2) is 11.8. The van der Waals surface area contributed by atoms with E-state index in [4.69, 9.17) is 18.0 Å². The maximum absolute atomic E-state index is 12.4. The summed E-state index contributed by atoms with van der Waals surface area (Å²) in [7, 11) is -0.827. The minimum atomic E-state index is -2.99. The molecule has 4 nitrogen and oxygen atoms in total. The number of rotatable bonds is 11. The van der Waals surface area contributed by atoms with Crippen LogP contribution in [0.3, 0.4) is 0 Å². The van der Waals surface area contributed by atoms with Crippen molar-refractivity contribution in [2.24, 2.45) is 17.6 Å². The number of nitrogens with two attached hydrogens (primary N) is 1. The molecule has 0 aliphatic heterocycles. The molecule has 0 saturated heterocycles. The molecule has 2 N–H and O–H groups in total. The van der Waals surface area contributed by atoms with Crippen LogP contribution in [0.2, 0.25) is 0 Å². The summed E-state index contributed by atoms with van der Waals surface area (Å²) in [6, 6.07) is 8.19. The van der Waals surface area contributed by atoms with Gasteiger partial charge in [-0.1, -0.05) is 62.5 Å². The van der Waals surface area contributed by atoms with Crippen LogP contribution in [0.1, 0.15) is 83.3 Å². The van der Waals surface area contributed by atoms with Crippen molar-refractivity contribution in [3.05, 3.63) is 35.4 Å². The van der Waals surface area contributed by atoms with Crippen LogP contribution < -0.4 is 5.73 Å². The first-order valence-corrected chi connectivity index (χ1v) is 13.8. The molecule has 1 fully saturated rings. The molecule has 0 aromatic heterocycles. The first-order valence-electron chi connectivity index (χ1n) is 11.8. The number of hydrogen-bond donors (Lipinski definition) is 1. The maximum Gasteiger partial charge on any atom is 0.155 e. The molecule has 1 aliphatic carbocycles. The van der Waals surface area contributed by atoms with Gasteiger partial charge in [-0.2, -0.15) is 0 Å². The molecule has 1 aromatic carbocycles. The van der Waals surface area contributed by atoms with E-state index in [0.717, 1.165) is 37.4 Å². The van der Waals surface area contributed by atoms with E-state index >= 15 is 0 Å². The molecule has 1 saturated carbocycles. The van der Waals surface area contributed by atoms with Gasteiger partial charge in [0.15, 0.2) is 9.84 Å². The summed E-state index contributed by atoms with van der Waals surface area (Å²) in [5.41, 5.74) is 7.92. The van der Waals surface area contributed by atoms with Gasteiger partial charge in [0.2, 0.25) is 0 Å². The summed E-state index contributed by atoms with van der Waals surface area (Å²) in [5, 5.41) is 0. The van der Waals surface area contributed by atoms with Crippen LogP contribution in [0.15, 0.2) is 24.3 Å². The van der Waals surface area contributed by atoms with E-state index in [1.165, 1.54) is 44.1 Å². The first kappa shape index (κ1) is 26.3. The largest absolute Gasteiger partial charge is 0.389 e. The van der Waals surface area contributed by atoms with Crippen molar-refractivity contribution in [2.45, 2.75) is 83.4 Å². The second-order valence-corrected chi connectivity index (χ2v) is 13.7. The van der Waals surface area contributed by atoms with Crippen LogP contribution >= 0.6 is 12.2 Å². The van der Waals surface area contributed by atoms with E-state index in [1.54, 1.807) is 0 Å². The maximum atomic E-state index is 12.4. The Morgan fingerprint density at radius 2 is 1.74 bits per heavy atom. The number of benzene rings is 1. The third kappa shape index (κ3) is 8.82. The molecular formula is C25H42N2O2S2. The van der Waals surface area contributed by atoms with Crippen LogP contribution in [-0.4, -0.2) is 42.4 Å². The predicted octanol–water partition coefficient (Wildman–Crippen LogP) is 5.33. The third-order valence-corrected chi connectivity index (χ3v) is 9.68. The molecule has 0 amide bonds. The zero-order valence-electron chi connectivity index (χ0n) is 19.9. The van der Waals surface area contributed by atoms with Crippen molar-refractivity contribution >= 4 is 27.0 Å². The molecule has 0 unspecified atom stereocenters. The van der Waals surface area contributed by atoms with E-state index in [1.807, 2.05) is 32.9 Å². The molecule has 0 spiro atoms. The number of hydrogen-bond acceptors (Lipinski definition) is 4. The number of nitrogens with zero attached hydrogens (tertiary/aromatic N) is 1.